The van der Waals surface area contributed by atoms with E-state index in [0.29, 0.717) is 71.7 Å². The SMILES string of the molecule is O=C1c2ccccc2C(=O)c2c(N(CCc3cc(O)ccc3O)Cc3ccccc3)ccc(NCCc3cc(O)ccc3O)c21. The first-order valence-corrected chi connectivity index (χ1v) is 14.7. The molecule has 0 aliphatic heterocycles. The summed E-state index contributed by atoms with van der Waals surface area (Å²) < 4.78 is 0. The van der Waals surface area contributed by atoms with Gasteiger partial charge >= 0.3 is 0 Å². The number of nitrogens with one attached hydrogen (secondary N) is 1. The first kappa shape index (κ1) is 29.3. The molecule has 5 N–H and O–H groups in total. The van der Waals surface area contributed by atoms with E-state index < -0.39 is 0 Å². The van der Waals surface area contributed by atoms with Gasteiger partial charge in [0.05, 0.1) is 11.1 Å². The van der Waals surface area contributed by atoms with E-state index in [9.17, 15) is 30.0 Å². The molecule has 1 aliphatic carbocycles. The Kier molecular flexibility index (Phi) is 8.12. The Morgan fingerprint density at radius 1 is 0.600 bits per heavy atom. The van der Waals surface area contributed by atoms with Gasteiger partial charge in [0.2, 0.25) is 0 Å². The predicted octanol–water partition coefficient (Wildman–Crippen LogP) is 6.19. The van der Waals surface area contributed by atoms with Crippen molar-refractivity contribution in [2.45, 2.75) is 19.4 Å². The molecule has 0 spiro atoms. The molecule has 0 saturated carbocycles. The summed E-state index contributed by atoms with van der Waals surface area (Å²) in [5.41, 5.74) is 4.41. The number of aromatic hydroxyl groups is 4. The van der Waals surface area contributed by atoms with E-state index in [2.05, 4.69) is 5.32 Å². The second-order valence-corrected chi connectivity index (χ2v) is 11.0. The van der Waals surface area contributed by atoms with Crippen LogP contribution in [0.3, 0.4) is 0 Å². The lowest BCUT2D eigenvalue weighted by Gasteiger charge is -2.31. The molecule has 0 amide bonds. The lowest BCUT2D eigenvalue weighted by molar-refractivity contribution is 0.0980. The molecule has 0 atom stereocenters. The summed E-state index contributed by atoms with van der Waals surface area (Å²) in [6, 6.07) is 28.9. The minimum atomic E-state index is -0.268. The van der Waals surface area contributed by atoms with Crippen LogP contribution in [0.4, 0.5) is 11.4 Å². The van der Waals surface area contributed by atoms with Crippen LogP contribution >= 0.6 is 0 Å². The van der Waals surface area contributed by atoms with Crippen LogP contribution < -0.4 is 10.2 Å². The second kappa shape index (κ2) is 12.5. The Morgan fingerprint density at radius 3 is 1.82 bits per heavy atom. The molecule has 0 unspecified atom stereocenters. The number of phenols is 4. The van der Waals surface area contributed by atoms with E-state index in [1.807, 2.05) is 41.3 Å². The number of carbonyl (C=O) groups is 2. The number of phenolic OH excluding ortho intramolecular Hbond substituents is 4. The molecule has 8 heteroatoms. The van der Waals surface area contributed by atoms with Gasteiger partial charge in [0.25, 0.3) is 0 Å². The molecule has 6 rings (SSSR count). The molecule has 0 heterocycles. The molecular weight excluding hydrogens is 568 g/mol. The Labute approximate surface area is 260 Å². The van der Waals surface area contributed by atoms with Crippen molar-refractivity contribution in [3.63, 3.8) is 0 Å². The molecule has 0 saturated heterocycles. The summed E-state index contributed by atoms with van der Waals surface area (Å²) in [7, 11) is 0. The number of hydrogen-bond acceptors (Lipinski definition) is 8. The number of fused-ring (bicyclic) bond motifs is 2. The number of rotatable bonds is 10. The third-order valence-electron chi connectivity index (χ3n) is 8.10. The van der Waals surface area contributed by atoms with Gasteiger partial charge in [-0.1, -0.05) is 54.6 Å². The smallest absolute Gasteiger partial charge is 0.196 e. The lowest BCUT2D eigenvalue weighted by Crippen LogP contribution is -2.31. The van der Waals surface area contributed by atoms with Gasteiger partial charge in [0.15, 0.2) is 11.6 Å². The van der Waals surface area contributed by atoms with E-state index in [1.165, 1.54) is 36.4 Å². The molecule has 0 fully saturated rings. The average molecular weight is 601 g/mol. The van der Waals surface area contributed by atoms with Gasteiger partial charge in [-0.05, 0) is 78.1 Å². The van der Waals surface area contributed by atoms with Gasteiger partial charge < -0.3 is 30.6 Å². The summed E-state index contributed by atoms with van der Waals surface area (Å²) >= 11 is 0. The number of benzene rings is 5. The number of carbonyl (C=O) groups excluding carboxylic acids is 2. The molecule has 226 valence electrons. The van der Waals surface area contributed by atoms with Gasteiger partial charge in [0, 0.05) is 42.1 Å². The fraction of sp³-hybridized carbons (Fsp3) is 0.135. The first-order valence-electron chi connectivity index (χ1n) is 14.7. The Hall–Kier alpha value is -5.76. The van der Waals surface area contributed by atoms with Crippen LogP contribution in [0.1, 0.15) is 48.5 Å². The minimum Gasteiger partial charge on any atom is -0.508 e. The quantitative estimate of drug-likeness (QED) is 0.118. The van der Waals surface area contributed by atoms with Crippen LogP contribution in [0.15, 0.2) is 103 Å². The Balaban J connectivity index is 1.41. The predicted molar refractivity (Wildman–Crippen MR) is 173 cm³/mol. The van der Waals surface area contributed by atoms with Crippen molar-refractivity contribution in [3.8, 4) is 23.0 Å². The molecule has 0 radical (unpaired) electrons. The molecule has 8 nitrogen and oxygen atoms in total. The van der Waals surface area contributed by atoms with Crippen molar-refractivity contribution in [1.82, 2.24) is 0 Å². The first-order chi connectivity index (χ1) is 21.8. The molecule has 0 bridgehead atoms. The number of ketones is 2. The number of nitrogens with zero attached hydrogens (tertiary/aromatic N) is 1. The van der Waals surface area contributed by atoms with Crippen LogP contribution in [0.2, 0.25) is 0 Å². The topological polar surface area (TPSA) is 130 Å². The van der Waals surface area contributed by atoms with Gasteiger partial charge in [-0.15, -0.1) is 0 Å². The highest BCUT2D eigenvalue weighted by atomic mass is 16.3. The Morgan fingerprint density at radius 2 is 1.18 bits per heavy atom. The van der Waals surface area contributed by atoms with Crippen molar-refractivity contribution >= 4 is 22.9 Å². The number of anilines is 2. The van der Waals surface area contributed by atoms with Crippen molar-refractivity contribution < 1.29 is 30.0 Å². The molecule has 5 aromatic carbocycles. The van der Waals surface area contributed by atoms with Crippen molar-refractivity contribution in [1.29, 1.82) is 0 Å². The normalized spacial score (nSPS) is 12.0. The summed E-state index contributed by atoms with van der Waals surface area (Å²) in [6.45, 7) is 1.14. The molecule has 0 aromatic heterocycles. The molecular formula is C37H32N2O6. The highest BCUT2D eigenvalue weighted by molar-refractivity contribution is 6.32. The molecule has 5 aromatic rings. The fourth-order valence-corrected chi connectivity index (χ4v) is 5.84. The maximum Gasteiger partial charge on any atom is 0.196 e. The lowest BCUT2D eigenvalue weighted by atomic mass is 9.82. The number of hydrogen-bond donors (Lipinski definition) is 5. The van der Waals surface area contributed by atoms with E-state index >= 15 is 0 Å². The van der Waals surface area contributed by atoms with Gasteiger partial charge in [-0.3, -0.25) is 9.59 Å². The summed E-state index contributed by atoms with van der Waals surface area (Å²) in [5.74, 6) is -0.327. The minimum absolute atomic E-state index is 0.0412. The van der Waals surface area contributed by atoms with Crippen LogP contribution in [-0.2, 0) is 19.4 Å². The maximum absolute atomic E-state index is 14.2. The molecule has 45 heavy (non-hydrogen) atoms. The fourth-order valence-electron chi connectivity index (χ4n) is 5.84. The van der Waals surface area contributed by atoms with Gasteiger partial charge in [-0.2, -0.15) is 0 Å². The molecule has 1 aliphatic rings. The average Bonchev–Trinajstić information content (AvgIpc) is 3.05. The van der Waals surface area contributed by atoms with Crippen LogP contribution in [0, 0.1) is 0 Å². The summed E-state index contributed by atoms with van der Waals surface area (Å²) in [6.07, 6.45) is 0.733. The van der Waals surface area contributed by atoms with E-state index in [-0.39, 0.29) is 40.1 Å². The van der Waals surface area contributed by atoms with E-state index in [0.717, 1.165) is 5.56 Å². The van der Waals surface area contributed by atoms with E-state index in [1.54, 1.807) is 30.3 Å². The summed E-state index contributed by atoms with van der Waals surface area (Å²) in [4.78, 5) is 30.3. The van der Waals surface area contributed by atoms with Crippen molar-refractivity contribution in [3.05, 3.63) is 142 Å². The third-order valence-corrected chi connectivity index (χ3v) is 8.10. The maximum atomic E-state index is 14.2. The third kappa shape index (κ3) is 6.03. The zero-order chi connectivity index (χ0) is 31.5. The Bertz CT molecular complexity index is 1900. The second-order valence-electron chi connectivity index (χ2n) is 11.0. The van der Waals surface area contributed by atoms with Gasteiger partial charge in [0.1, 0.15) is 23.0 Å². The zero-order valence-corrected chi connectivity index (χ0v) is 24.4. The van der Waals surface area contributed by atoms with Crippen LogP contribution in [0.5, 0.6) is 23.0 Å². The van der Waals surface area contributed by atoms with Crippen LogP contribution in [0.25, 0.3) is 0 Å². The van der Waals surface area contributed by atoms with Crippen LogP contribution in [-0.4, -0.2) is 45.1 Å². The highest BCUT2D eigenvalue weighted by Gasteiger charge is 2.35. The van der Waals surface area contributed by atoms with E-state index in [4.69, 9.17) is 0 Å². The highest BCUT2D eigenvalue weighted by Crippen LogP contribution is 2.39. The standard InChI is InChI=1S/C37H32N2O6/c40-26-10-14-32(42)24(20-26)16-18-38-30-12-13-31(35-34(30)36(44)28-8-4-5-9-29(28)37(35)45)39(22-23-6-2-1-3-7-23)19-17-25-21-27(41)11-15-33(25)43/h1-15,20-21,38,40-43H,16-19,22H2. The van der Waals surface area contributed by atoms with Crippen molar-refractivity contribution in [2.75, 3.05) is 23.3 Å². The largest absolute Gasteiger partial charge is 0.508 e. The summed E-state index contributed by atoms with van der Waals surface area (Å²) in [5, 5.41) is 43.9. The monoisotopic (exact) mass is 600 g/mol. The van der Waals surface area contributed by atoms with Crippen molar-refractivity contribution in [2.24, 2.45) is 0 Å². The van der Waals surface area contributed by atoms with Gasteiger partial charge in [-0.25, -0.2) is 0 Å². The zero-order valence-electron chi connectivity index (χ0n) is 24.4.